The van der Waals surface area contributed by atoms with Gasteiger partial charge in [-0.3, -0.25) is 0 Å². The van der Waals surface area contributed by atoms with Crippen molar-refractivity contribution in [3.05, 3.63) is 28.2 Å². The molecular formula is C14H19BrN2. The summed E-state index contributed by atoms with van der Waals surface area (Å²) in [5.74, 6) is 0. The number of hydrogen-bond acceptors (Lipinski definition) is 2. The highest BCUT2D eigenvalue weighted by atomic mass is 79.9. The van der Waals surface area contributed by atoms with Gasteiger partial charge in [0.25, 0.3) is 0 Å². The molecule has 0 bridgehead atoms. The molecule has 1 saturated carbocycles. The van der Waals surface area contributed by atoms with Crippen molar-refractivity contribution in [2.75, 3.05) is 18.0 Å². The number of anilines is 1. The molecule has 0 spiro atoms. The van der Waals surface area contributed by atoms with E-state index in [0.29, 0.717) is 0 Å². The Hall–Kier alpha value is -0.540. The van der Waals surface area contributed by atoms with E-state index < -0.39 is 0 Å². The van der Waals surface area contributed by atoms with E-state index in [9.17, 15) is 0 Å². The molecule has 1 aliphatic heterocycles. The average Bonchev–Trinajstić information content (AvgIpc) is 2.82. The van der Waals surface area contributed by atoms with Crippen molar-refractivity contribution < 1.29 is 0 Å². The van der Waals surface area contributed by atoms with Crippen LogP contribution in [0.4, 0.5) is 5.69 Å². The van der Waals surface area contributed by atoms with Crippen LogP contribution >= 0.6 is 15.9 Å². The van der Waals surface area contributed by atoms with Gasteiger partial charge in [-0.25, -0.2) is 0 Å². The highest BCUT2D eigenvalue weighted by molar-refractivity contribution is 9.10. The Morgan fingerprint density at radius 3 is 2.59 bits per heavy atom. The van der Waals surface area contributed by atoms with E-state index in [2.05, 4.69) is 39.0 Å². The van der Waals surface area contributed by atoms with Crippen LogP contribution in [0.3, 0.4) is 0 Å². The Bertz CT molecular complexity index is 420. The van der Waals surface area contributed by atoms with E-state index >= 15 is 0 Å². The molecule has 0 atom stereocenters. The van der Waals surface area contributed by atoms with Gasteiger partial charge in [-0.15, -0.1) is 0 Å². The van der Waals surface area contributed by atoms with E-state index in [0.717, 1.165) is 6.42 Å². The molecule has 92 valence electrons. The number of rotatable bonds is 3. The van der Waals surface area contributed by atoms with Gasteiger partial charge in [-0.05, 0) is 49.8 Å². The molecule has 3 heteroatoms. The van der Waals surface area contributed by atoms with Gasteiger partial charge in [0.15, 0.2) is 0 Å². The molecule has 1 aliphatic carbocycles. The molecule has 2 N–H and O–H groups in total. The second kappa shape index (κ2) is 4.29. The topological polar surface area (TPSA) is 29.3 Å². The molecule has 0 unspecified atom stereocenters. The first-order valence-corrected chi connectivity index (χ1v) is 7.28. The zero-order chi connectivity index (χ0) is 11.9. The number of nitrogens with two attached hydrogens (primary N) is 1. The molecular weight excluding hydrogens is 276 g/mol. The Kier molecular flexibility index (Phi) is 2.91. The zero-order valence-corrected chi connectivity index (χ0v) is 11.7. The smallest absolute Gasteiger partial charge is 0.0410 e. The molecule has 2 aliphatic rings. The lowest BCUT2D eigenvalue weighted by Gasteiger charge is -2.23. The van der Waals surface area contributed by atoms with Crippen LogP contribution in [0.1, 0.15) is 31.2 Å². The predicted octanol–water partition coefficient (Wildman–Crippen LogP) is 3.08. The summed E-state index contributed by atoms with van der Waals surface area (Å²) < 4.78 is 1.22. The van der Waals surface area contributed by atoms with Gasteiger partial charge in [-0.1, -0.05) is 22.0 Å². The fourth-order valence-electron chi connectivity index (χ4n) is 2.67. The standard InChI is InChI=1S/C14H19BrN2/c15-12-4-3-5-13(17-8-1-2-9-17)11(12)10-14(16)6-7-14/h3-5H,1-2,6-10,16H2. The van der Waals surface area contributed by atoms with Gasteiger partial charge in [0.2, 0.25) is 0 Å². The monoisotopic (exact) mass is 294 g/mol. The molecule has 1 saturated heterocycles. The summed E-state index contributed by atoms with van der Waals surface area (Å²) in [5.41, 5.74) is 9.17. The second-order valence-electron chi connectivity index (χ2n) is 5.47. The minimum Gasteiger partial charge on any atom is -0.371 e. The minimum absolute atomic E-state index is 0.0817. The highest BCUT2D eigenvalue weighted by Crippen LogP contribution is 2.40. The summed E-state index contributed by atoms with van der Waals surface area (Å²) in [6, 6.07) is 6.52. The third-order valence-electron chi connectivity index (χ3n) is 3.96. The molecule has 0 aromatic heterocycles. The van der Waals surface area contributed by atoms with Gasteiger partial charge in [0, 0.05) is 28.8 Å². The molecule has 17 heavy (non-hydrogen) atoms. The fourth-order valence-corrected chi connectivity index (χ4v) is 3.16. The SMILES string of the molecule is NC1(Cc2c(Br)cccc2N2CCCC2)CC1. The minimum atomic E-state index is 0.0817. The molecule has 1 heterocycles. The molecule has 0 amide bonds. The third kappa shape index (κ3) is 2.36. The quantitative estimate of drug-likeness (QED) is 0.928. The van der Waals surface area contributed by atoms with Gasteiger partial charge in [0.1, 0.15) is 0 Å². The summed E-state index contributed by atoms with van der Waals surface area (Å²) in [4.78, 5) is 2.51. The normalized spacial score (nSPS) is 21.9. The Labute approximate surface area is 111 Å². The molecule has 2 nitrogen and oxygen atoms in total. The second-order valence-corrected chi connectivity index (χ2v) is 6.33. The van der Waals surface area contributed by atoms with Gasteiger partial charge in [-0.2, -0.15) is 0 Å². The summed E-state index contributed by atoms with van der Waals surface area (Å²) in [5, 5.41) is 0. The van der Waals surface area contributed by atoms with Gasteiger partial charge in [0.05, 0.1) is 0 Å². The van der Waals surface area contributed by atoms with Crippen molar-refractivity contribution in [1.82, 2.24) is 0 Å². The summed E-state index contributed by atoms with van der Waals surface area (Å²) in [7, 11) is 0. The molecule has 1 aromatic rings. The van der Waals surface area contributed by atoms with Crippen molar-refractivity contribution >= 4 is 21.6 Å². The van der Waals surface area contributed by atoms with Crippen LogP contribution in [0.2, 0.25) is 0 Å². The van der Waals surface area contributed by atoms with Crippen molar-refractivity contribution in [1.29, 1.82) is 0 Å². The van der Waals surface area contributed by atoms with Gasteiger partial charge < -0.3 is 10.6 Å². The Morgan fingerprint density at radius 1 is 1.24 bits per heavy atom. The zero-order valence-electron chi connectivity index (χ0n) is 10.1. The lowest BCUT2D eigenvalue weighted by Crippen LogP contribution is -2.27. The van der Waals surface area contributed by atoms with Crippen molar-refractivity contribution in [3.63, 3.8) is 0 Å². The summed E-state index contributed by atoms with van der Waals surface area (Å²) in [6.07, 6.45) is 6.00. The van der Waals surface area contributed by atoms with Crippen LogP contribution in [-0.2, 0) is 6.42 Å². The molecule has 3 rings (SSSR count). The van der Waals surface area contributed by atoms with Gasteiger partial charge >= 0.3 is 0 Å². The van der Waals surface area contributed by atoms with E-state index in [1.807, 2.05) is 0 Å². The maximum Gasteiger partial charge on any atom is 0.0410 e. The van der Waals surface area contributed by atoms with Crippen LogP contribution in [0.5, 0.6) is 0 Å². The summed E-state index contributed by atoms with van der Waals surface area (Å²) in [6.45, 7) is 2.39. The number of benzene rings is 1. The maximum atomic E-state index is 6.28. The van der Waals surface area contributed by atoms with E-state index in [1.165, 1.54) is 54.5 Å². The van der Waals surface area contributed by atoms with Crippen molar-refractivity contribution in [3.8, 4) is 0 Å². The van der Waals surface area contributed by atoms with Crippen LogP contribution in [0.15, 0.2) is 22.7 Å². The lowest BCUT2D eigenvalue weighted by molar-refractivity contribution is 0.668. The van der Waals surface area contributed by atoms with Crippen LogP contribution in [-0.4, -0.2) is 18.6 Å². The average molecular weight is 295 g/mol. The summed E-state index contributed by atoms with van der Waals surface area (Å²) >= 11 is 3.69. The first-order valence-electron chi connectivity index (χ1n) is 6.49. The molecule has 1 aromatic carbocycles. The largest absolute Gasteiger partial charge is 0.371 e. The third-order valence-corrected chi connectivity index (χ3v) is 4.70. The molecule has 0 radical (unpaired) electrons. The molecule has 2 fully saturated rings. The number of hydrogen-bond donors (Lipinski definition) is 1. The van der Waals surface area contributed by atoms with Crippen molar-refractivity contribution in [2.24, 2.45) is 5.73 Å². The Morgan fingerprint density at radius 2 is 1.94 bits per heavy atom. The van der Waals surface area contributed by atoms with Crippen molar-refractivity contribution in [2.45, 2.75) is 37.6 Å². The van der Waals surface area contributed by atoms with E-state index in [4.69, 9.17) is 5.73 Å². The Balaban J connectivity index is 1.92. The number of halogens is 1. The van der Waals surface area contributed by atoms with Crippen LogP contribution < -0.4 is 10.6 Å². The predicted molar refractivity (Wildman–Crippen MR) is 75.4 cm³/mol. The van der Waals surface area contributed by atoms with Crippen LogP contribution in [0, 0.1) is 0 Å². The fraction of sp³-hybridized carbons (Fsp3) is 0.571. The van der Waals surface area contributed by atoms with Crippen LogP contribution in [0.25, 0.3) is 0 Å². The lowest BCUT2D eigenvalue weighted by atomic mass is 10.0. The first-order chi connectivity index (χ1) is 8.18. The highest BCUT2D eigenvalue weighted by Gasteiger charge is 2.39. The first kappa shape index (κ1) is 11.5. The van der Waals surface area contributed by atoms with E-state index in [1.54, 1.807) is 0 Å². The number of nitrogens with zero attached hydrogens (tertiary/aromatic N) is 1. The van der Waals surface area contributed by atoms with E-state index in [-0.39, 0.29) is 5.54 Å². The maximum absolute atomic E-state index is 6.28.